The van der Waals surface area contributed by atoms with Crippen LogP contribution in [0.3, 0.4) is 0 Å². The second-order valence-electron chi connectivity index (χ2n) is 4.20. The van der Waals surface area contributed by atoms with Crippen molar-refractivity contribution in [3.8, 4) is 23.3 Å². The number of nitriles is 1. The molecular formula is C16H14ClNO3. The first-order valence-corrected chi connectivity index (χ1v) is 6.59. The monoisotopic (exact) mass is 303 g/mol. The zero-order valence-corrected chi connectivity index (χ0v) is 12.5. The van der Waals surface area contributed by atoms with Gasteiger partial charge in [-0.1, -0.05) is 23.7 Å². The Hall–Kier alpha value is -2.38. The highest BCUT2D eigenvalue weighted by molar-refractivity contribution is 6.31. The molecule has 0 aromatic heterocycles. The minimum atomic E-state index is 0.301. The van der Waals surface area contributed by atoms with Crippen molar-refractivity contribution in [3.63, 3.8) is 0 Å². The molecule has 0 saturated carbocycles. The summed E-state index contributed by atoms with van der Waals surface area (Å²) in [4.78, 5) is 0. The van der Waals surface area contributed by atoms with Crippen molar-refractivity contribution < 1.29 is 14.2 Å². The lowest BCUT2D eigenvalue weighted by atomic mass is 10.2. The average molecular weight is 304 g/mol. The van der Waals surface area contributed by atoms with E-state index in [2.05, 4.69) is 0 Å². The molecule has 2 aromatic carbocycles. The number of rotatable bonds is 5. The zero-order valence-electron chi connectivity index (χ0n) is 11.7. The minimum absolute atomic E-state index is 0.301. The van der Waals surface area contributed by atoms with Crippen LogP contribution < -0.4 is 14.2 Å². The number of methoxy groups -OCH3 is 2. The third kappa shape index (κ3) is 3.39. The average Bonchev–Trinajstić information content (AvgIpc) is 2.52. The van der Waals surface area contributed by atoms with Crippen molar-refractivity contribution in [2.24, 2.45) is 0 Å². The SMILES string of the molecule is COc1ccc(COc2cccc(Cl)c2C#N)cc1OC. The van der Waals surface area contributed by atoms with E-state index < -0.39 is 0 Å². The van der Waals surface area contributed by atoms with Gasteiger partial charge in [0, 0.05) is 0 Å². The predicted molar refractivity (Wildman–Crippen MR) is 80.0 cm³/mol. The molecule has 0 atom stereocenters. The fraction of sp³-hybridized carbons (Fsp3) is 0.188. The summed E-state index contributed by atoms with van der Waals surface area (Å²) in [6.45, 7) is 0.301. The van der Waals surface area contributed by atoms with Gasteiger partial charge >= 0.3 is 0 Å². The highest BCUT2D eigenvalue weighted by Crippen LogP contribution is 2.29. The van der Waals surface area contributed by atoms with Crippen molar-refractivity contribution in [2.75, 3.05) is 14.2 Å². The van der Waals surface area contributed by atoms with Gasteiger partial charge in [0.2, 0.25) is 0 Å². The molecule has 0 bridgehead atoms. The normalized spacial score (nSPS) is 9.81. The van der Waals surface area contributed by atoms with Gasteiger partial charge in [-0.3, -0.25) is 0 Å². The Morgan fingerprint density at radius 3 is 2.48 bits per heavy atom. The van der Waals surface area contributed by atoms with Crippen LogP contribution in [0.15, 0.2) is 36.4 Å². The molecule has 0 spiro atoms. The smallest absolute Gasteiger partial charge is 0.161 e. The van der Waals surface area contributed by atoms with Gasteiger partial charge in [-0.15, -0.1) is 0 Å². The summed E-state index contributed by atoms with van der Waals surface area (Å²) in [5.74, 6) is 1.74. The lowest BCUT2D eigenvalue weighted by Crippen LogP contribution is -1.99. The second kappa shape index (κ2) is 6.87. The van der Waals surface area contributed by atoms with E-state index in [4.69, 9.17) is 31.1 Å². The first-order valence-electron chi connectivity index (χ1n) is 6.22. The van der Waals surface area contributed by atoms with Crippen molar-refractivity contribution in [1.82, 2.24) is 0 Å². The third-order valence-corrected chi connectivity index (χ3v) is 3.24. The van der Waals surface area contributed by atoms with E-state index in [1.54, 1.807) is 38.5 Å². The second-order valence-corrected chi connectivity index (χ2v) is 4.61. The third-order valence-electron chi connectivity index (χ3n) is 2.93. The van der Waals surface area contributed by atoms with Crippen LogP contribution in [0.25, 0.3) is 0 Å². The van der Waals surface area contributed by atoms with E-state index in [9.17, 15) is 0 Å². The molecule has 0 amide bonds. The number of hydrogen-bond acceptors (Lipinski definition) is 4. The van der Waals surface area contributed by atoms with E-state index in [1.807, 2.05) is 18.2 Å². The van der Waals surface area contributed by atoms with Gasteiger partial charge in [-0.05, 0) is 29.8 Å². The molecule has 21 heavy (non-hydrogen) atoms. The molecular weight excluding hydrogens is 290 g/mol. The highest BCUT2D eigenvalue weighted by Gasteiger charge is 2.09. The first-order chi connectivity index (χ1) is 10.2. The van der Waals surface area contributed by atoms with Crippen LogP contribution in [0.2, 0.25) is 5.02 Å². The molecule has 0 N–H and O–H groups in total. The lowest BCUT2D eigenvalue weighted by molar-refractivity contribution is 0.303. The van der Waals surface area contributed by atoms with Gasteiger partial charge in [0.05, 0.1) is 19.2 Å². The summed E-state index contributed by atoms with van der Waals surface area (Å²) in [7, 11) is 3.16. The summed E-state index contributed by atoms with van der Waals surface area (Å²) in [5.41, 5.74) is 1.23. The fourth-order valence-corrected chi connectivity index (χ4v) is 2.07. The highest BCUT2D eigenvalue weighted by atomic mass is 35.5. The van der Waals surface area contributed by atoms with Gasteiger partial charge in [0.1, 0.15) is 24.0 Å². The largest absolute Gasteiger partial charge is 0.493 e. The van der Waals surface area contributed by atoms with E-state index >= 15 is 0 Å². The summed E-state index contributed by atoms with van der Waals surface area (Å²) in [6, 6.07) is 12.7. The van der Waals surface area contributed by atoms with E-state index in [0.717, 1.165) is 5.56 Å². The maximum absolute atomic E-state index is 9.10. The van der Waals surface area contributed by atoms with Crippen LogP contribution in [0.5, 0.6) is 17.2 Å². The van der Waals surface area contributed by atoms with E-state index in [-0.39, 0.29) is 0 Å². The Kier molecular flexibility index (Phi) is 4.91. The van der Waals surface area contributed by atoms with Gasteiger partial charge in [-0.25, -0.2) is 0 Å². The Morgan fingerprint density at radius 1 is 1.05 bits per heavy atom. The summed E-state index contributed by atoms with van der Waals surface area (Å²) < 4.78 is 16.1. The van der Waals surface area contributed by atoms with Crippen LogP contribution >= 0.6 is 11.6 Å². The number of hydrogen-bond donors (Lipinski definition) is 0. The van der Waals surface area contributed by atoms with Crippen LogP contribution in [-0.4, -0.2) is 14.2 Å². The van der Waals surface area contributed by atoms with Crippen LogP contribution in [0, 0.1) is 11.3 Å². The minimum Gasteiger partial charge on any atom is -0.493 e. The molecule has 0 heterocycles. The molecule has 0 radical (unpaired) electrons. The Bertz CT molecular complexity index is 680. The zero-order chi connectivity index (χ0) is 15.2. The van der Waals surface area contributed by atoms with Gasteiger partial charge in [0.15, 0.2) is 11.5 Å². The molecule has 4 nitrogen and oxygen atoms in total. The van der Waals surface area contributed by atoms with Gasteiger partial charge in [0.25, 0.3) is 0 Å². The molecule has 108 valence electrons. The topological polar surface area (TPSA) is 51.5 Å². The van der Waals surface area contributed by atoms with Gasteiger partial charge < -0.3 is 14.2 Å². The van der Waals surface area contributed by atoms with Crippen molar-refractivity contribution >= 4 is 11.6 Å². The van der Waals surface area contributed by atoms with Crippen molar-refractivity contribution in [2.45, 2.75) is 6.61 Å². The van der Waals surface area contributed by atoms with Crippen LogP contribution in [0.1, 0.15) is 11.1 Å². The Balaban J connectivity index is 2.17. The molecule has 0 unspecified atom stereocenters. The number of nitrogens with zero attached hydrogens (tertiary/aromatic N) is 1. The molecule has 0 saturated heterocycles. The van der Waals surface area contributed by atoms with Crippen molar-refractivity contribution in [3.05, 3.63) is 52.5 Å². The quantitative estimate of drug-likeness (QED) is 0.843. The van der Waals surface area contributed by atoms with E-state index in [1.165, 1.54) is 0 Å². The Morgan fingerprint density at radius 2 is 1.81 bits per heavy atom. The first kappa shape index (κ1) is 15.0. The van der Waals surface area contributed by atoms with Crippen molar-refractivity contribution in [1.29, 1.82) is 5.26 Å². The number of ether oxygens (including phenoxy) is 3. The van der Waals surface area contributed by atoms with Crippen LogP contribution in [0.4, 0.5) is 0 Å². The maximum atomic E-state index is 9.10. The van der Waals surface area contributed by atoms with Crippen LogP contribution in [-0.2, 0) is 6.61 Å². The summed E-state index contributed by atoms with van der Waals surface area (Å²) in [6.07, 6.45) is 0. The Labute approximate surface area is 128 Å². The number of benzene rings is 2. The molecule has 2 aromatic rings. The summed E-state index contributed by atoms with van der Waals surface area (Å²) in [5, 5.41) is 9.47. The fourth-order valence-electron chi connectivity index (χ4n) is 1.86. The number of halogens is 1. The lowest BCUT2D eigenvalue weighted by Gasteiger charge is -2.11. The molecule has 0 aliphatic carbocycles. The molecule has 0 aliphatic rings. The molecule has 0 aliphatic heterocycles. The summed E-state index contributed by atoms with van der Waals surface area (Å²) >= 11 is 5.96. The molecule has 2 rings (SSSR count). The molecule has 5 heteroatoms. The predicted octanol–water partition coefficient (Wildman–Crippen LogP) is 3.81. The molecule has 0 fully saturated rings. The van der Waals surface area contributed by atoms with Gasteiger partial charge in [-0.2, -0.15) is 5.26 Å². The van der Waals surface area contributed by atoms with E-state index in [0.29, 0.717) is 34.4 Å². The maximum Gasteiger partial charge on any atom is 0.161 e. The standard InChI is InChI=1S/C16H14ClNO3/c1-19-15-7-6-11(8-16(15)20-2)10-21-14-5-3-4-13(17)12(14)9-18/h3-8H,10H2,1-2H3.